The molecule has 18 heavy (non-hydrogen) atoms. The SMILES string of the molecule is Cc1ccc(C)c(SCc2cccc(F)c2Br)c1. The summed E-state index contributed by atoms with van der Waals surface area (Å²) in [6.45, 7) is 4.18. The maximum absolute atomic E-state index is 13.4. The standard InChI is InChI=1S/C15H14BrFS/c1-10-6-7-11(2)14(8-10)18-9-12-4-3-5-13(17)15(12)16/h3-8H,9H2,1-2H3. The first kappa shape index (κ1) is 13.6. The van der Waals surface area contributed by atoms with Crippen LogP contribution in [0.1, 0.15) is 16.7 Å². The molecule has 0 spiro atoms. The Labute approximate surface area is 120 Å². The highest BCUT2D eigenvalue weighted by molar-refractivity contribution is 9.10. The second-order valence-electron chi connectivity index (χ2n) is 4.27. The summed E-state index contributed by atoms with van der Waals surface area (Å²) in [6, 6.07) is 11.6. The molecule has 0 saturated carbocycles. The molecule has 2 aromatic rings. The third-order valence-electron chi connectivity index (χ3n) is 2.76. The number of hydrogen-bond donors (Lipinski definition) is 0. The fraction of sp³-hybridized carbons (Fsp3) is 0.200. The highest BCUT2D eigenvalue weighted by atomic mass is 79.9. The van der Waals surface area contributed by atoms with Gasteiger partial charge in [-0.2, -0.15) is 0 Å². The molecule has 0 N–H and O–H groups in total. The summed E-state index contributed by atoms with van der Waals surface area (Å²) in [5, 5.41) is 0. The molecule has 0 aliphatic heterocycles. The number of halogens is 2. The van der Waals surface area contributed by atoms with Crippen LogP contribution in [0.2, 0.25) is 0 Å². The van der Waals surface area contributed by atoms with E-state index in [0.29, 0.717) is 4.47 Å². The second-order valence-corrected chi connectivity index (χ2v) is 6.08. The largest absolute Gasteiger partial charge is 0.206 e. The number of rotatable bonds is 3. The molecule has 0 aromatic heterocycles. The maximum Gasteiger partial charge on any atom is 0.137 e. The zero-order valence-corrected chi connectivity index (χ0v) is 12.7. The van der Waals surface area contributed by atoms with E-state index in [1.807, 2.05) is 6.07 Å². The molecule has 0 heterocycles. The van der Waals surface area contributed by atoms with Crippen LogP contribution in [0.5, 0.6) is 0 Å². The molecule has 0 unspecified atom stereocenters. The Bertz CT molecular complexity index is 564. The molecule has 0 saturated heterocycles. The van der Waals surface area contributed by atoms with Crippen molar-refractivity contribution in [1.29, 1.82) is 0 Å². The summed E-state index contributed by atoms with van der Waals surface area (Å²) in [5.74, 6) is 0.567. The molecule has 0 bridgehead atoms. The number of benzene rings is 2. The van der Waals surface area contributed by atoms with Gasteiger partial charge in [0.1, 0.15) is 5.82 Å². The van der Waals surface area contributed by atoms with Crippen LogP contribution >= 0.6 is 27.7 Å². The van der Waals surface area contributed by atoms with Gasteiger partial charge in [0.2, 0.25) is 0 Å². The molecule has 0 fully saturated rings. The lowest BCUT2D eigenvalue weighted by Crippen LogP contribution is -1.88. The predicted molar refractivity (Wildman–Crippen MR) is 79.6 cm³/mol. The summed E-state index contributed by atoms with van der Waals surface area (Å²) >= 11 is 5.04. The Morgan fingerprint density at radius 2 is 1.94 bits per heavy atom. The number of hydrogen-bond acceptors (Lipinski definition) is 1. The van der Waals surface area contributed by atoms with Gasteiger partial charge in [-0.25, -0.2) is 4.39 Å². The van der Waals surface area contributed by atoms with E-state index in [2.05, 4.69) is 48.0 Å². The van der Waals surface area contributed by atoms with E-state index < -0.39 is 0 Å². The van der Waals surface area contributed by atoms with Gasteiger partial charge in [-0.3, -0.25) is 0 Å². The molecule has 2 aromatic carbocycles. The van der Waals surface area contributed by atoms with E-state index in [9.17, 15) is 4.39 Å². The molecular formula is C15H14BrFS. The Kier molecular flexibility index (Phi) is 4.46. The Balaban J connectivity index is 2.16. The highest BCUT2D eigenvalue weighted by Gasteiger charge is 2.06. The first-order valence-electron chi connectivity index (χ1n) is 5.71. The van der Waals surface area contributed by atoms with Crippen molar-refractivity contribution in [2.75, 3.05) is 0 Å². The smallest absolute Gasteiger partial charge is 0.137 e. The Morgan fingerprint density at radius 3 is 2.72 bits per heavy atom. The molecule has 3 heteroatoms. The van der Waals surface area contributed by atoms with Gasteiger partial charge < -0.3 is 0 Å². The third-order valence-corrected chi connectivity index (χ3v) is 4.85. The summed E-state index contributed by atoms with van der Waals surface area (Å²) in [7, 11) is 0. The Morgan fingerprint density at radius 1 is 1.17 bits per heavy atom. The van der Waals surface area contributed by atoms with Gasteiger partial charge >= 0.3 is 0 Å². The average Bonchev–Trinajstić information content (AvgIpc) is 2.35. The summed E-state index contributed by atoms with van der Waals surface area (Å²) in [4.78, 5) is 1.26. The van der Waals surface area contributed by atoms with Gasteiger partial charge in [0, 0.05) is 10.6 Å². The first-order valence-corrected chi connectivity index (χ1v) is 7.48. The van der Waals surface area contributed by atoms with Crippen molar-refractivity contribution in [3.8, 4) is 0 Å². The van der Waals surface area contributed by atoms with Gasteiger partial charge in [-0.05, 0) is 53.0 Å². The fourth-order valence-electron chi connectivity index (χ4n) is 1.68. The minimum absolute atomic E-state index is 0.200. The number of thioether (sulfide) groups is 1. The molecular weight excluding hydrogens is 311 g/mol. The van der Waals surface area contributed by atoms with E-state index in [0.717, 1.165) is 11.3 Å². The van der Waals surface area contributed by atoms with Gasteiger partial charge in [0.25, 0.3) is 0 Å². The van der Waals surface area contributed by atoms with Crippen LogP contribution in [-0.4, -0.2) is 0 Å². The zero-order chi connectivity index (χ0) is 13.1. The molecule has 0 amide bonds. The van der Waals surface area contributed by atoms with Gasteiger partial charge in [0.05, 0.1) is 4.47 Å². The molecule has 0 nitrogen and oxygen atoms in total. The maximum atomic E-state index is 13.4. The Hall–Kier alpha value is -0.800. The minimum atomic E-state index is -0.200. The van der Waals surface area contributed by atoms with Crippen LogP contribution in [0.15, 0.2) is 45.8 Å². The van der Waals surface area contributed by atoms with Gasteiger partial charge in [-0.1, -0.05) is 29.8 Å². The monoisotopic (exact) mass is 324 g/mol. The summed E-state index contributed by atoms with van der Waals surface area (Å²) in [6.07, 6.45) is 0. The van der Waals surface area contributed by atoms with Crippen molar-refractivity contribution in [1.82, 2.24) is 0 Å². The molecule has 0 atom stereocenters. The van der Waals surface area contributed by atoms with Crippen molar-refractivity contribution in [3.05, 3.63) is 63.4 Å². The van der Waals surface area contributed by atoms with Crippen LogP contribution in [-0.2, 0) is 5.75 Å². The molecule has 0 radical (unpaired) electrons. The van der Waals surface area contributed by atoms with Crippen molar-refractivity contribution >= 4 is 27.7 Å². The van der Waals surface area contributed by atoms with Crippen LogP contribution in [0.3, 0.4) is 0 Å². The van der Waals surface area contributed by atoms with Crippen LogP contribution in [0.25, 0.3) is 0 Å². The van der Waals surface area contributed by atoms with Gasteiger partial charge in [-0.15, -0.1) is 11.8 Å². The highest BCUT2D eigenvalue weighted by Crippen LogP contribution is 2.30. The van der Waals surface area contributed by atoms with E-state index in [1.54, 1.807) is 17.8 Å². The molecule has 94 valence electrons. The van der Waals surface area contributed by atoms with Crippen molar-refractivity contribution in [2.45, 2.75) is 24.5 Å². The van der Waals surface area contributed by atoms with E-state index in [1.165, 1.54) is 22.1 Å². The summed E-state index contributed by atoms with van der Waals surface area (Å²) < 4.78 is 14.0. The first-order chi connectivity index (χ1) is 8.58. The lowest BCUT2D eigenvalue weighted by atomic mass is 10.2. The normalized spacial score (nSPS) is 10.7. The third kappa shape index (κ3) is 3.15. The number of aryl methyl sites for hydroxylation is 2. The zero-order valence-electron chi connectivity index (χ0n) is 10.3. The lowest BCUT2D eigenvalue weighted by Gasteiger charge is -2.08. The second kappa shape index (κ2) is 5.89. The quantitative estimate of drug-likeness (QED) is 0.672. The predicted octanol–water partition coefficient (Wildman–Crippen LogP) is 5.50. The van der Waals surface area contributed by atoms with Crippen LogP contribution < -0.4 is 0 Å². The minimum Gasteiger partial charge on any atom is -0.206 e. The van der Waals surface area contributed by atoms with Crippen LogP contribution in [0, 0.1) is 19.7 Å². The van der Waals surface area contributed by atoms with E-state index in [4.69, 9.17) is 0 Å². The average molecular weight is 325 g/mol. The van der Waals surface area contributed by atoms with Gasteiger partial charge in [0.15, 0.2) is 0 Å². The topological polar surface area (TPSA) is 0 Å². The van der Waals surface area contributed by atoms with Crippen molar-refractivity contribution in [2.24, 2.45) is 0 Å². The van der Waals surface area contributed by atoms with Crippen molar-refractivity contribution < 1.29 is 4.39 Å². The van der Waals surface area contributed by atoms with E-state index >= 15 is 0 Å². The molecule has 0 aliphatic rings. The van der Waals surface area contributed by atoms with Crippen molar-refractivity contribution in [3.63, 3.8) is 0 Å². The fourth-order valence-corrected chi connectivity index (χ4v) is 3.38. The molecule has 0 aliphatic carbocycles. The summed E-state index contributed by atoms with van der Waals surface area (Å²) in [5.41, 5.74) is 3.50. The lowest BCUT2D eigenvalue weighted by molar-refractivity contribution is 0.619. The van der Waals surface area contributed by atoms with Crippen LogP contribution in [0.4, 0.5) is 4.39 Å². The molecule has 2 rings (SSSR count). The van der Waals surface area contributed by atoms with E-state index in [-0.39, 0.29) is 5.82 Å².